The first-order valence-corrected chi connectivity index (χ1v) is 8.78. The summed E-state index contributed by atoms with van der Waals surface area (Å²) in [6.45, 7) is 3.35. The van der Waals surface area contributed by atoms with Crippen LogP contribution in [0.5, 0.6) is 0 Å². The zero-order valence-electron chi connectivity index (χ0n) is 14.2. The minimum atomic E-state index is -0.685. The smallest absolute Gasteiger partial charge is 0.341 e. The van der Waals surface area contributed by atoms with E-state index in [0.29, 0.717) is 15.7 Å². The summed E-state index contributed by atoms with van der Waals surface area (Å²) >= 11 is 3.53. The number of carbonyl (C=O) groups excluding carboxylic acids is 1. The number of aromatic nitrogens is 1. The van der Waals surface area contributed by atoms with Crippen LogP contribution in [0.3, 0.4) is 0 Å². The zero-order chi connectivity index (χ0) is 18.4. The highest BCUT2D eigenvalue weighted by atomic mass is 79.9. The van der Waals surface area contributed by atoms with Crippen LogP contribution in [0.1, 0.15) is 23.0 Å². The first-order chi connectivity index (χ1) is 12.0. The molecular formula is C18H22BrNO5. The van der Waals surface area contributed by atoms with E-state index < -0.39 is 12.1 Å². The number of nitrogens with zero attached hydrogens (tertiary/aromatic N) is 1. The highest BCUT2D eigenvalue weighted by Crippen LogP contribution is 2.36. The third-order valence-corrected chi connectivity index (χ3v) is 4.61. The molecule has 1 aromatic heterocycles. The molecular weight excluding hydrogens is 390 g/mol. The number of benzene rings is 1. The lowest BCUT2D eigenvalue weighted by Crippen LogP contribution is -2.24. The van der Waals surface area contributed by atoms with Crippen LogP contribution in [-0.2, 0) is 16.2 Å². The van der Waals surface area contributed by atoms with Gasteiger partial charge in [-0.05, 0) is 35.3 Å². The summed E-state index contributed by atoms with van der Waals surface area (Å²) in [6, 6.07) is 9.59. The molecule has 0 radical (unpaired) electrons. The van der Waals surface area contributed by atoms with E-state index in [2.05, 4.69) is 15.9 Å². The molecule has 0 saturated carbocycles. The van der Waals surface area contributed by atoms with Crippen molar-refractivity contribution in [3.8, 4) is 11.3 Å². The molecule has 25 heavy (non-hydrogen) atoms. The molecule has 2 N–H and O–H groups in total. The van der Waals surface area contributed by atoms with Crippen LogP contribution in [0, 0.1) is 6.92 Å². The van der Waals surface area contributed by atoms with Gasteiger partial charge in [-0.15, -0.1) is 0 Å². The van der Waals surface area contributed by atoms with E-state index in [4.69, 9.17) is 9.47 Å². The van der Waals surface area contributed by atoms with Crippen molar-refractivity contribution < 1.29 is 24.5 Å². The fraction of sp³-hybridized carbons (Fsp3) is 0.389. The molecule has 0 spiro atoms. The van der Waals surface area contributed by atoms with Gasteiger partial charge in [0.05, 0.1) is 35.6 Å². The second kappa shape index (κ2) is 9.15. The van der Waals surface area contributed by atoms with Crippen molar-refractivity contribution in [1.29, 1.82) is 0 Å². The average molecular weight is 412 g/mol. The Morgan fingerprint density at radius 3 is 2.44 bits per heavy atom. The van der Waals surface area contributed by atoms with Gasteiger partial charge in [0.2, 0.25) is 0 Å². The normalized spacial score (nSPS) is 11.1. The molecule has 0 aliphatic heterocycles. The number of hydrogen-bond acceptors (Lipinski definition) is 5. The van der Waals surface area contributed by atoms with Crippen LogP contribution in [0.4, 0.5) is 0 Å². The van der Waals surface area contributed by atoms with E-state index in [-0.39, 0.29) is 26.6 Å². The number of ether oxygens (including phenoxy) is 2. The van der Waals surface area contributed by atoms with Crippen molar-refractivity contribution in [3.63, 3.8) is 0 Å². The number of aliphatic hydroxyl groups excluding tert-OH is 2. The lowest BCUT2D eigenvalue weighted by atomic mass is 10.1. The van der Waals surface area contributed by atoms with Crippen LogP contribution in [0.15, 0.2) is 34.8 Å². The maximum absolute atomic E-state index is 12.3. The maximum Gasteiger partial charge on any atom is 0.341 e. The lowest BCUT2D eigenvalue weighted by molar-refractivity contribution is -0.0498. The van der Waals surface area contributed by atoms with E-state index >= 15 is 0 Å². The van der Waals surface area contributed by atoms with E-state index in [1.807, 2.05) is 34.9 Å². The minimum Gasteiger partial charge on any atom is -0.462 e. The van der Waals surface area contributed by atoms with Gasteiger partial charge in [0.1, 0.15) is 12.8 Å². The van der Waals surface area contributed by atoms with E-state index in [0.717, 1.165) is 11.3 Å². The minimum absolute atomic E-state index is 0.0832. The van der Waals surface area contributed by atoms with Gasteiger partial charge in [0.15, 0.2) is 0 Å². The third kappa shape index (κ3) is 4.30. The molecule has 0 fully saturated rings. The Kier molecular flexibility index (Phi) is 7.19. The van der Waals surface area contributed by atoms with E-state index in [9.17, 15) is 15.0 Å². The number of esters is 1. The van der Waals surface area contributed by atoms with Crippen molar-refractivity contribution >= 4 is 21.9 Å². The predicted molar refractivity (Wildman–Crippen MR) is 97.3 cm³/mol. The summed E-state index contributed by atoms with van der Waals surface area (Å²) in [4.78, 5) is 12.3. The molecule has 0 unspecified atom stereocenters. The monoisotopic (exact) mass is 411 g/mol. The van der Waals surface area contributed by atoms with Gasteiger partial charge in [0.25, 0.3) is 0 Å². The summed E-state index contributed by atoms with van der Waals surface area (Å²) in [5.41, 5.74) is 2.80. The van der Waals surface area contributed by atoms with Gasteiger partial charge in [0, 0.05) is 5.69 Å². The van der Waals surface area contributed by atoms with Crippen LogP contribution < -0.4 is 0 Å². The average Bonchev–Trinajstić information content (AvgIpc) is 2.87. The van der Waals surface area contributed by atoms with Crippen molar-refractivity contribution in [2.75, 3.05) is 19.8 Å². The van der Waals surface area contributed by atoms with Crippen molar-refractivity contribution in [2.24, 2.45) is 0 Å². The second-order valence-corrected chi connectivity index (χ2v) is 6.21. The summed E-state index contributed by atoms with van der Waals surface area (Å²) in [7, 11) is 0. The molecule has 0 aliphatic rings. The summed E-state index contributed by atoms with van der Waals surface area (Å²) in [6.07, 6.45) is -0.685. The van der Waals surface area contributed by atoms with Gasteiger partial charge in [-0.3, -0.25) is 0 Å². The van der Waals surface area contributed by atoms with Crippen molar-refractivity contribution in [1.82, 2.24) is 4.57 Å². The van der Waals surface area contributed by atoms with Crippen LogP contribution in [0.2, 0.25) is 0 Å². The molecule has 1 heterocycles. The molecule has 2 aromatic rings. The Hall–Kier alpha value is -1.67. The van der Waals surface area contributed by atoms with Crippen molar-refractivity contribution in [3.05, 3.63) is 46.1 Å². The van der Waals surface area contributed by atoms with Gasteiger partial charge in [-0.2, -0.15) is 0 Å². The largest absolute Gasteiger partial charge is 0.462 e. The molecule has 0 aliphatic carbocycles. The lowest BCUT2D eigenvalue weighted by Gasteiger charge is -2.17. The molecule has 6 nitrogen and oxygen atoms in total. The summed E-state index contributed by atoms with van der Waals surface area (Å²) < 4.78 is 13.2. The van der Waals surface area contributed by atoms with Crippen LogP contribution >= 0.6 is 15.9 Å². The highest BCUT2D eigenvalue weighted by molar-refractivity contribution is 9.10. The zero-order valence-corrected chi connectivity index (χ0v) is 15.8. The Morgan fingerprint density at radius 2 is 1.88 bits per heavy atom. The molecule has 0 saturated heterocycles. The van der Waals surface area contributed by atoms with Gasteiger partial charge >= 0.3 is 5.97 Å². The number of rotatable bonds is 8. The SMILES string of the molecule is CCOC(=O)c1c(Br)c(-c2ccccc2)n(COC(CO)CO)c1C. The summed E-state index contributed by atoms with van der Waals surface area (Å²) in [5, 5.41) is 18.4. The van der Waals surface area contributed by atoms with Gasteiger partial charge < -0.3 is 24.3 Å². The Bertz CT molecular complexity index is 710. The number of aliphatic hydroxyl groups is 2. The molecule has 0 atom stereocenters. The van der Waals surface area contributed by atoms with Gasteiger partial charge in [-0.25, -0.2) is 4.79 Å². The summed E-state index contributed by atoms with van der Waals surface area (Å²) in [5.74, 6) is -0.413. The number of halogens is 1. The van der Waals surface area contributed by atoms with Gasteiger partial charge in [-0.1, -0.05) is 30.3 Å². The van der Waals surface area contributed by atoms with Crippen LogP contribution in [0.25, 0.3) is 11.3 Å². The Balaban J connectivity index is 2.51. The fourth-order valence-electron chi connectivity index (χ4n) is 2.52. The fourth-order valence-corrected chi connectivity index (χ4v) is 3.41. The number of carbonyl (C=O) groups is 1. The highest BCUT2D eigenvalue weighted by Gasteiger charge is 2.26. The standard InChI is InChI=1S/C18H22BrNO5/c1-3-24-18(23)15-12(2)20(11-25-14(9-21)10-22)17(16(15)19)13-7-5-4-6-8-13/h4-8,14,21-22H,3,9-11H2,1-2H3. The predicted octanol–water partition coefficient (Wildman–Crippen LogP) is 2.73. The molecule has 2 rings (SSSR count). The Labute approximate surface area is 155 Å². The topological polar surface area (TPSA) is 80.9 Å². The quantitative estimate of drug-likeness (QED) is 0.652. The first kappa shape index (κ1) is 19.7. The molecule has 0 amide bonds. The van der Waals surface area contributed by atoms with Crippen LogP contribution in [-0.4, -0.2) is 46.7 Å². The van der Waals surface area contributed by atoms with E-state index in [1.165, 1.54) is 0 Å². The third-order valence-electron chi connectivity index (χ3n) is 3.84. The molecule has 136 valence electrons. The number of hydrogen-bond donors (Lipinski definition) is 2. The molecule has 7 heteroatoms. The maximum atomic E-state index is 12.3. The van der Waals surface area contributed by atoms with Crippen molar-refractivity contribution in [2.45, 2.75) is 26.7 Å². The Morgan fingerprint density at radius 1 is 1.24 bits per heavy atom. The molecule has 1 aromatic carbocycles. The molecule has 0 bridgehead atoms. The second-order valence-electron chi connectivity index (χ2n) is 5.42. The van der Waals surface area contributed by atoms with E-state index in [1.54, 1.807) is 13.8 Å². The first-order valence-electron chi connectivity index (χ1n) is 7.99.